The van der Waals surface area contributed by atoms with Gasteiger partial charge in [-0.1, -0.05) is 0 Å². The number of guanidine groups is 1. The summed E-state index contributed by atoms with van der Waals surface area (Å²) in [6, 6.07) is 4.74. The maximum atomic E-state index is 5.14. The quantitative estimate of drug-likeness (QED) is 0.235. The van der Waals surface area contributed by atoms with Crippen molar-refractivity contribution in [2.75, 3.05) is 38.3 Å². The molecule has 2 aromatic heterocycles. The highest BCUT2D eigenvalue weighted by atomic mass is 127. The van der Waals surface area contributed by atoms with E-state index in [1.54, 1.807) is 7.11 Å². The summed E-state index contributed by atoms with van der Waals surface area (Å²) in [6.45, 7) is 6.15. The van der Waals surface area contributed by atoms with Crippen LogP contribution in [0.3, 0.4) is 0 Å². The van der Waals surface area contributed by atoms with Crippen LogP contribution in [0.2, 0.25) is 0 Å². The molecule has 0 aromatic carbocycles. The van der Waals surface area contributed by atoms with Crippen molar-refractivity contribution in [2.45, 2.75) is 38.8 Å². The smallest absolute Gasteiger partial charge is 0.191 e. The second-order valence-corrected chi connectivity index (χ2v) is 7.94. The normalized spacial score (nSPS) is 15.3. The number of hydrogen-bond donors (Lipinski definition) is 2. The van der Waals surface area contributed by atoms with Crippen LogP contribution in [0, 0.1) is 6.92 Å². The van der Waals surface area contributed by atoms with Crippen molar-refractivity contribution in [3.8, 4) is 0 Å². The molecule has 0 bridgehead atoms. The Hall–Kier alpha value is -1.40. The number of piperidine rings is 1. The molecule has 3 heterocycles. The molecule has 0 amide bonds. The van der Waals surface area contributed by atoms with Crippen LogP contribution < -0.4 is 15.5 Å². The molecule has 1 aliphatic rings. The van der Waals surface area contributed by atoms with Crippen LogP contribution in [0.25, 0.3) is 0 Å². The summed E-state index contributed by atoms with van der Waals surface area (Å²) in [7, 11) is 3.70. The van der Waals surface area contributed by atoms with Crippen LogP contribution in [0.5, 0.6) is 0 Å². The highest BCUT2D eigenvalue weighted by molar-refractivity contribution is 14.0. The number of anilines is 1. The van der Waals surface area contributed by atoms with Crippen molar-refractivity contribution in [1.29, 1.82) is 0 Å². The molecule has 10 heteroatoms. The molecule has 1 saturated heterocycles. The van der Waals surface area contributed by atoms with Crippen molar-refractivity contribution in [3.63, 3.8) is 0 Å². The van der Waals surface area contributed by atoms with E-state index >= 15 is 0 Å². The lowest BCUT2D eigenvalue weighted by atomic mass is 10.1. The Labute approximate surface area is 194 Å². The first kappa shape index (κ1) is 23.9. The first-order valence-corrected chi connectivity index (χ1v) is 10.7. The van der Waals surface area contributed by atoms with Gasteiger partial charge in [0.1, 0.15) is 12.4 Å². The van der Waals surface area contributed by atoms with Gasteiger partial charge in [0.05, 0.1) is 5.00 Å². The summed E-state index contributed by atoms with van der Waals surface area (Å²) < 4.78 is 7.12. The molecule has 162 valence electrons. The van der Waals surface area contributed by atoms with Gasteiger partial charge >= 0.3 is 0 Å². The maximum absolute atomic E-state index is 5.14. The van der Waals surface area contributed by atoms with Gasteiger partial charge in [0.25, 0.3) is 0 Å². The number of thiophene rings is 1. The average Bonchev–Trinajstić information content (AvgIpc) is 3.35. The SMILES string of the molecule is COCCCNC(=NCc1nnc(C)n1C)NC1CCN(c2cccs2)CC1.I. The van der Waals surface area contributed by atoms with Gasteiger partial charge in [0.15, 0.2) is 11.8 Å². The number of aromatic nitrogens is 3. The molecule has 3 rings (SSSR count). The van der Waals surface area contributed by atoms with E-state index in [0.717, 1.165) is 63.1 Å². The van der Waals surface area contributed by atoms with Crippen molar-refractivity contribution < 1.29 is 4.74 Å². The maximum Gasteiger partial charge on any atom is 0.191 e. The lowest BCUT2D eigenvalue weighted by molar-refractivity contribution is 0.195. The van der Waals surface area contributed by atoms with Crippen LogP contribution in [-0.4, -0.2) is 60.1 Å². The second kappa shape index (κ2) is 12.3. The zero-order valence-electron chi connectivity index (χ0n) is 17.4. The molecule has 8 nitrogen and oxygen atoms in total. The van der Waals surface area contributed by atoms with Gasteiger partial charge in [-0.15, -0.1) is 45.5 Å². The summed E-state index contributed by atoms with van der Waals surface area (Å²) in [5.41, 5.74) is 0. The number of nitrogens with one attached hydrogen (secondary N) is 2. The number of halogens is 1. The van der Waals surface area contributed by atoms with Gasteiger partial charge in [0, 0.05) is 46.4 Å². The summed E-state index contributed by atoms with van der Waals surface area (Å²) in [5, 5.41) is 18.9. The average molecular weight is 533 g/mol. The highest BCUT2D eigenvalue weighted by Crippen LogP contribution is 2.24. The van der Waals surface area contributed by atoms with E-state index in [4.69, 9.17) is 9.73 Å². The van der Waals surface area contributed by atoms with Gasteiger partial charge in [0.2, 0.25) is 0 Å². The van der Waals surface area contributed by atoms with Crippen molar-refractivity contribution in [3.05, 3.63) is 29.2 Å². The highest BCUT2D eigenvalue weighted by Gasteiger charge is 2.20. The third kappa shape index (κ3) is 7.10. The summed E-state index contributed by atoms with van der Waals surface area (Å²) in [6.07, 6.45) is 3.14. The second-order valence-electron chi connectivity index (χ2n) is 7.02. The van der Waals surface area contributed by atoms with Crippen LogP contribution in [0.15, 0.2) is 22.5 Å². The molecule has 0 atom stereocenters. The third-order valence-corrected chi connectivity index (χ3v) is 5.96. The molecule has 0 radical (unpaired) electrons. The van der Waals surface area contributed by atoms with Gasteiger partial charge in [-0.05, 0) is 43.7 Å². The molecule has 0 unspecified atom stereocenters. The molecule has 0 saturated carbocycles. The van der Waals surface area contributed by atoms with E-state index < -0.39 is 0 Å². The van der Waals surface area contributed by atoms with E-state index in [1.165, 1.54) is 5.00 Å². The standard InChI is InChI=1S/C19H31N7OS.HI/c1-15-23-24-17(25(15)2)14-21-19(20-9-5-12-27-3)22-16-7-10-26(11-8-16)18-6-4-13-28-18;/h4,6,13,16H,5,7-12,14H2,1-3H3,(H2,20,21,22);1H. The zero-order chi connectivity index (χ0) is 19.8. The number of methoxy groups -OCH3 is 1. The predicted molar refractivity (Wildman–Crippen MR) is 129 cm³/mol. The van der Waals surface area contributed by atoms with Crippen LogP contribution in [0.1, 0.15) is 30.9 Å². The Morgan fingerprint density at radius 3 is 2.76 bits per heavy atom. The molecular formula is C19H32IN7OS. The summed E-state index contributed by atoms with van der Waals surface area (Å²) in [5.74, 6) is 2.60. The Kier molecular flexibility index (Phi) is 10.2. The molecule has 1 fully saturated rings. The molecular weight excluding hydrogens is 501 g/mol. The molecule has 2 aromatic rings. The first-order chi connectivity index (χ1) is 13.7. The van der Waals surface area contributed by atoms with Gasteiger partial charge in [-0.3, -0.25) is 0 Å². The zero-order valence-corrected chi connectivity index (χ0v) is 20.6. The van der Waals surface area contributed by atoms with E-state index in [0.29, 0.717) is 12.6 Å². The fourth-order valence-electron chi connectivity index (χ4n) is 3.20. The van der Waals surface area contributed by atoms with Crippen LogP contribution >= 0.6 is 35.3 Å². The first-order valence-electron chi connectivity index (χ1n) is 9.84. The van der Waals surface area contributed by atoms with E-state index in [1.807, 2.05) is 29.9 Å². The van der Waals surface area contributed by atoms with Gasteiger partial charge in [-0.25, -0.2) is 4.99 Å². The number of hydrogen-bond acceptors (Lipinski definition) is 6. The van der Waals surface area contributed by atoms with Crippen LogP contribution in [0.4, 0.5) is 5.00 Å². The Bertz CT molecular complexity index is 742. The minimum Gasteiger partial charge on any atom is -0.385 e. The van der Waals surface area contributed by atoms with E-state index in [-0.39, 0.29) is 24.0 Å². The summed E-state index contributed by atoms with van der Waals surface area (Å²) >= 11 is 1.81. The van der Waals surface area contributed by atoms with E-state index in [2.05, 4.69) is 43.2 Å². The van der Waals surface area contributed by atoms with Crippen LogP contribution in [-0.2, 0) is 18.3 Å². The third-order valence-electron chi connectivity index (χ3n) is 5.03. The molecule has 1 aliphatic heterocycles. The van der Waals surface area contributed by atoms with Crippen molar-refractivity contribution in [1.82, 2.24) is 25.4 Å². The largest absolute Gasteiger partial charge is 0.385 e. The van der Waals surface area contributed by atoms with E-state index in [9.17, 15) is 0 Å². The Morgan fingerprint density at radius 2 is 2.14 bits per heavy atom. The number of ether oxygens (including phenoxy) is 1. The Morgan fingerprint density at radius 1 is 1.34 bits per heavy atom. The number of aliphatic imine (C=N–C) groups is 1. The van der Waals surface area contributed by atoms with Crippen molar-refractivity contribution in [2.24, 2.45) is 12.0 Å². The summed E-state index contributed by atoms with van der Waals surface area (Å²) in [4.78, 5) is 7.21. The minimum absolute atomic E-state index is 0. The van der Waals surface area contributed by atoms with Gasteiger partial charge in [-0.2, -0.15) is 0 Å². The lowest BCUT2D eigenvalue weighted by Gasteiger charge is -2.33. The molecule has 29 heavy (non-hydrogen) atoms. The number of rotatable bonds is 8. The predicted octanol–water partition coefficient (Wildman–Crippen LogP) is 2.54. The fourth-order valence-corrected chi connectivity index (χ4v) is 3.99. The number of aryl methyl sites for hydroxylation is 1. The monoisotopic (exact) mass is 533 g/mol. The molecule has 0 aliphatic carbocycles. The topological polar surface area (TPSA) is 79.6 Å². The van der Waals surface area contributed by atoms with Gasteiger partial charge < -0.3 is 24.8 Å². The Balaban J connectivity index is 0.00000300. The lowest BCUT2D eigenvalue weighted by Crippen LogP contribution is -2.49. The molecule has 2 N–H and O–H groups in total. The number of nitrogens with zero attached hydrogens (tertiary/aromatic N) is 5. The van der Waals surface area contributed by atoms with Crippen molar-refractivity contribution >= 4 is 46.3 Å². The minimum atomic E-state index is 0. The molecule has 0 spiro atoms. The fraction of sp³-hybridized carbons (Fsp3) is 0.632.